The molecule has 2 aliphatic carbocycles. The number of carbonyl (C=O) groups is 4. The van der Waals surface area contributed by atoms with Gasteiger partial charge in [-0.2, -0.15) is 0 Å². The molecule has 2 saturated heterocycles. The Kier molecular flexibility index (Phi) is 7.16. The molecule has 7 rings (SSSR count). The van der Waals surface area contributed by atoms with Gasteiger partial charge < -0.3 is 5.11 Å². The highest BCUT2D eigenvalue weighted by molar-refractivity contribution is 6.58. The number of amides is 4. The number of alkyl halides is 2. The van der Waals surface area contributed by atoms with Gasteiger partial charge in [-0.25, -0.2) is 26.9 Å². The van der Waals surface area contributed by atoms with Crippen LogP contribution in [0.2, 0.25) is 0 Å². The summed E-state index contributed by atoms with van der Waals surface area (Å²) in [6.45, 7) is 3.68. The normalized spacial score (nSPS) is 29.5. The molecule has 6 atom stereocenters. The Morgan fingerprint density at radius 1 is 0.792 bits per heavy atom. The zero-order chi connectivity index (χ0) is 34.6. The topological polar surface area (TPSA) is 95.0 Å². The lowest BCUT2D eigenvalue weighted by atomic mass is 9.56. The van der Waals surface area contributed by atoms with Crippen molar-refractivity contribution in [2.24, 2.45) is 17.8 Å². The average molecular weight is 703 g/mol. The number of phenolic OH excluding ortho intramolecular Hbond substituents is 1. The Morgan fingerprint density at radius 3 is 2.00 bits per heavy atom. The molecular formula is C34H21Cl2F5N2O5. The highest BCUT2D eigenvalue weighted by atomic mass is 35.5. The van der Waals surface area contributed by atoms with Gasteiger partial charge in [0.15, 0.2) is 33.0 Å². The molecule has 246 valence electrons. The molecule has 6 unspecified atom stereocenters. The third-order valence-corrected chi connectivity index (χ3v) is 11.3. The van der Waals surface area contributed by atoms with Crippen LogP contribution >= 0.6 is 23.2 Å². The molecule has 2 aliphatic heterocycles. The molecule has 0 aromatic heterocycles. The van der Waals surface area contributed by atoms with Crippen molar-refractivity contribution in [3.8, 4) is 5.75 Å². The lowest BCUT2D eigenvalue weighted by Gasteiger charge is -2.50. The van der Waals surface area contributed by atoms with Gasteiger partial charge in [-0.1, -0.05) is 54.6 Å². The van der Waals surface area contributed by atoms with Gasteiger partial charge in [0.05, 0.1) is 17.5 Å². The molecule has 1 N–H and O–H groups in total. The predicted octanol–water partition coefficient (Wildman–Crippen LogP) is 6.50. The number of anilines is 2. The van der Waals surface area contributed by atoms with Crippen LogP contribution in [0.5, 0.6) is 5.75 Å². The van der Waals surface area contributed by atoms with Crippen LogP contribution in [0.1, 0.15) is 29.9 Å². The van der Waals surface area contributed by atoms with Crippen LogP contribution in [0.15, 0.2) is 66.8 Å². The molecule has 3 fully saturated rings. The number of hydrogen-bond acceptors (Lipinski definition) is 5. The van der Waals surface area contributed by atoms with Crippen molar-refractivity contribution in [1.29, 1.82) is 0 Å². The van der Waals surface area contributed by atoms with E-state index in [2.05, 4.69) is 6.58 Å². The van der Waals surface area contributed by atoms with E-state index in [9.17, 15) is 37.5 Å². The summed E-state index contributed by atoms with van der Waals surface area (Å²) in [6.07, 6.45) is 2.45. The van der Waals surface area contributed by atoms with Crippen molar-refractivity contribution < 1.29 is 46.2 Å². The van der Waals surface area contributed by atoms with Gasteiger partial charge in [-0.3, -0.25) is 24.1 Å². The second-order valence-corrected chi connectivity index (χ2v) is 13.3. The maximum Gasteiger partial charge on any atom is 0.258 e. The first kappa shape index (κ1) is 32.0. The van der Waals surface area contributed by atoms with Crippen molar-refractivity contribution in [3.63, 3.8) is 0 Å². The molecule has 7 nitrogen and oxygen atoms in total. The van der Waals surface area contributed by atoms with Crippen LogP contribution in [0.4, 0.5) is 33.3 Å². The van der Waals surface area contributed by atoms with Gasteiger partial charge in [-0.05, 0) is 42.5 Å². The Hall–Kier alpha value is -4.55. The lowest BCUT2D eigenvalue weighted by molar-refractivity contribution is -0.125. The van der Waals surface area contributed by atoms with E-state index in [1.807, 2.05) is 0 Å². The van der Waals surface area contributed by atoms with Gasteiger partial charge in [0.2, 0.25) is 17.6 Å². The number of rotatable bonds is 4. The number of hydrogen-bond donors (Lipinski definition) is 1. The van der Waals surface area contributed by atoms with E-state index in [1.54, 1.807) is 36.4 Å². The Bertz CT molecular complexity index is 2010. The van der Waals surface area contributed by atoms with E-state index < -0.39 is 104 Å². The minimum atomic E-state index is -2.72. The second-order valence-electron chi connectivity index (χ2n) is 12.1. The Balaban J connectivity index is 1.42. The Labute approximate surface area is 278 Å². The number of allylic oxidation sites excluding steroid dienone is 2. The fraction of sp³-hybridized carbons (Fsp3) is 0.235. The number of imide groups is 2. The first-order valence-electron chi connectivity index (χ1n) is 14.6. The van der Waals surface area contributed by atoms with Gasteiger partial charge in [0.25, 0.3) is 11.8 Å². The van der Waals surface area contributed by atoms with Gasteiger partial charge in [-0.15, -0.1) is 23.2 Å². The van der Waals surface area contributed by atoms with E-state index in [0.29, 0.717) is 0 Å². The van der Waals surface area contributed by atoms with E-state index >= 15 is 8.78 Å². The number of fused-ring (bicyclic) bond motifs is 4. The first-order valence-corrected chi connectivity index (χ1v) is 15.3. The van der Waals surface area contributed by atoms with E-state index in [4.69, 9.17) is 23.2 Å². The van der Waals surface area contributed by atoms with Crippen LogP contribution in [0.3, 0.4) is 0 Å². The van der Waals surface area contributed by atoms with E-state index in [0.717, 1.165) is 10.5 Å². The summed E-state index contributed by atoms with van der Waals surface area (Å²) in [6, 6.07) is 11.9. The van der Waals surface area contributed by atoms with Crippen molar-refractivity contribution in [2.75, 3.05) is 9.80 Å². The second kappa shape index (κ2) is 10.7. The molecule has 1 saturated carbocycles. The zero-order valence-electron chi connectivity index (χ0n) is 24.3. The SMILES string of the molecule is C=Cc1ccc(N2C(=O)C3CC=C4C(CC5(Cl)C(=O)N(c6c(F)c(F)c(F)c(F)c6F)C(=O)C5(Cl)C4c4ccccc4O)C3C2=O)cc1. The predicted molar refractivity (Wildman–Crippen MR) is 164 cm³/mol. The molecule has 4 amide bonds. The van der Waals surface area contributed by atoms with Crippen molar-refractivity contribution in [1.82, 2.24) is 0 Å². The number of halogens is 7. The lowest BCUT2D eigenvalue weighted by Crippen LogP contribution is -2.60. The number of para-hydroxylation sites is 1. The largest absolute Gasteiger partial charge is 0.508 e. The maximum atomic E-state index is 15.1. The molecule has 4 aliphatic rings. The van der Waals surface area contributed by atoms with Crippen molar-refractivity contribution in [3.05, 3.63) is 107 Å². The number of aromatic hydroxyl groups is 1. The summed E-state index contributed by atoms with van der Waals surface area (Å²) in [5.41, 5.74) is -0.725. The van der Waals surface area contributed by atoms with E-state index in [1.165, 1.54) is 24.3 Å². The minimum absolute atomic E-state index is 0.0296. The summed E-state index contributed by atoms with van der Waals surface area (Å²) in [5, 5.41) is 11.0. The highest BCUT2D eigenvalue weighted by Gasteiger charge is 2.77. The maximum absolute atomic E-state index is 15.1. The quantitative estimate of drug-likeness (QED) is 0.0837. The highest BCUT2D eigenvalue weighted by Crippen LogP contribution is 2.66. The average Bonchev–Trinajstić information content (AvgIpc) is 3.41. The van der Waals surface area contributed by atoms with Crippen molar-refractivity contribution in [2.45, 2.75) is 28.5 Å². The molecule has 3 aromatic rings. The molecule has 3 aromatic carbocycles. The fourth-order valence-corrected chi connectivity index (χ4v) is 8.58. The summed E-state index contributed by atoms with van der Waals surface area (Å²) in [5.74, 6) is -21.9. The van der Waals surface area contributed by atoms with Crippen LogP contribution in [-0.2, 0) is 19.2 Å². The van der Waals surface area contributed by atoms with E-state index in [-0.39, 0.29) is 28.1 Å². The summed E-state index contributed by atoms with van der Waals surface area (Å²) < 4.78 is 72.9. The third-order valence-electron chi connectivity index (χ3n) is 9.86. The van der Waals surface area contributed by atoms with Gasteiger partial charge in [0, 0.05) is 11.5 Å². The van der Waals surface area contributed by atoms with Crippen LogP contribution in [0, 0.1) is 46.8 Å². The number of benzene rings is 3. The number of phenols is 1. The third kappa shape index (κ3) is 3.93. The standard InChI is InChI=1S/C34H21Cl2F5N2O5/c1-2-14-7-9-15(10-8-14)42-29(45)18-12-11-16-19(21(18)30(42)46)13-33(35)31(47)43(28-26(40)24(38)23(37)25(39)27(28)41)32(48)34(33,36)22(16)17-5-3-4-6-20(17)44/h2-11,18-19,21-22,44H,1,12-13H2. The van der Waals surface area contributed by atoms with Crippen LogP contribution in [-0.4, -0.2) is 38.5 Å². The molecule has 48 heavy (non-hydrogen) atoms. The molecule has 2 heterocycles. The molecule has 14 heteroatoms. The molecule has 0 radical (unpaired) electrons. The fourth-order valence-electron chi connectivity index (χ4n) is 7.66. The zero-order valence-corrected chi connectivity index (χ0v) is 25.8. The van der Waals surface area contributed by atoms with Crippen LogP contribution in [0.25, 0.3) is 6.08 Å². The molecule has 0 bridgehead atoms. The van der Waals surface area contributed by atoms with Gasteiger partial charge >= 0.3 is 0 Å². The smallest absolute Gasteiger partial charge is 0.258 e. The number of carbonyl (C=O) groups excluding carboxylic acids is 4. The molecular weight excluding hydrogens is 682 g/mol. The molecule has 0 spiro atoms. The summed E-state index contributed by atoms with van der Waals surface area (Å²) in [7, 11) is 0. The first-order chi connectivity index (χ1) is 22.7. The number of nitrogens with zero attached hydrogens (tertiary/aromatic N) is 2. The van der Waals surface area contributed by atoms with Crippen molar-refractivity contribution >= 4 is 64.3 Å². The minimum Gasteiger partial charge on any atom is -0.508 e. The Morgan fingerprint density at radius 2 is 1.40 bits per heavy atom. The van der Waals surface area contributed by atoms with Crippen LogP contribution < -0.4 is 9.80 Å². The van der Waals surface area contributed by atoms with Gasteiger partial charge in [0.1, 0.15) is 11.4 Å². The summed E-state index contributed by atoms with van der Waals surface area (Å²) >= 11 is 14.1. The monoisotopic (exact) mass is 702 g/mol. The summed E-state index contributed by atoms with van der Waals surface area (Å²) in [4.78, 5) is 51.6.